The molecule has 0 spiro atoms. The Morgan fingerprint density at radius 3 is 2.83 bits per heavy atom. The van der Waals surface area contributed by atoms with Crippen molar-refractivity contribution >= 4 is 22.4 Å². The van der Waals surface area contributed by atoms with Gasteiger partial charge < -0.3 is 15.2 Å². The summed E-state index contributed by atoms with van der Waals surface area (Å²) in [5, 5.41) is 3.93. The van der Waals surface area contributed by atoms with Gasteiger partial charge in [0.15, 0.2) is 5.16 Å². The highest BCUT2D eigenvalue weighted by atomic mass is 32.2. The van der Waals surface area contributed by atoms with Gasteiger partial charge in [-0.05, 0) is 56.2 Å². The molecule has 2 aromatic rings. The second-order valence-corrected chi connectivity index (χ2v) is 9.60. The largest absolute Gasteiger partial charge is 0.382 e. The highest BCUT2D eigenvalue weighted by molar-refractivity contribution is 7.84. The number of amides is 1. The van der Waals surface area contributed by atoms with Crippen LogP contribution in [0, 0.1) is 0 Å². The number of alkyl halides is 1. The van der Waals surface area contributed by atoms with E-state index in [4.69, 9.17) is 0 Å². The van der Waals surface area contributed by atoms with E-state index in [1.807, 2.05) is 6.07 Å². The van der Waals surface area contributed by atoms with Gasteiger partial charge in [0, 0.05) is 31.1 Å². The lowest BCUT2D eigenvalue weighted by Crippen LogP contribution is -2.37. The first-order chi connectivity index (χ1) is 13.8. The summed E-state index contributed by atoms with van der Waals surface area (Å²) in [5.74, 6) is -0.132. The van der Waals surface area contributed by atoms with Gasteiger partial charge in [0.1, 0.15) is 11.4 Å². The van der Waals surface area contributed by atoms with Gasteiger partial charge in [-0.2, -0.15) is 0 Å². The zero-order valence-corrected chi connectivity index (χ0v) is 17.7. The summed E-state index contributed by atoms with van der Waals surface area (Å²) < 4.78 is 25.6. The molecule has 0 bridgehead atoms. The van der Waals surface area contributed by atoms with Crippen molar-refractivity contribution in [3.8, 4) is 0 Å². The topological polar surface area (TPSA) is 78.1 Å². The van der Waals surface area contributed by atoms with Crippen LogP contribution in [0.3, 0.4) is 0 Å². The molecule has 156 valence electrons. The Balaban J connectivity index is 1.45. The van der Waals surface area contributed by atoms with E-state index in [2.05, 4.69) is 27.4 Å². The van der Waals surface area contributed by atoms with Crippen molar-refractivity contribution in [3.05, 3.63) is 41.2 Å². The summed E-state index contributed by atoms with van der Waals surface area (Å²) in [6.07, 6.45) is 6.60. The maximum Gasteiger partial charge on any atom is 0.272 e. The second kappa shape index (κ2) is 7.89. The smallest absolute Gasteiger partial charge is 0.272 e. The summed E-state index contributed by atoms with van der Waals surface area (Å²) in [6, 6.07) is 6.44. The monoisotopic (exact) mass is 418 g/mol. The number of aromatic nitrogens is 2. The SMILES string of the molecule is CS(=O)c1ncc(C(=O)N2CCc3c(cccc3NC3CCC(C)(F)CC3)C2)[nH]1. The van der Waals surface area contributed by atoms with Gasteiger partial charge in [0.05, 0.1) is 17.0 Å². The van der Waals surface area contributed by atoms with E-state index >= 15 is 0 Å². The molecule has 6 nitrogen and oxygen atoms in total. The maximum atomic E-state index is 14.1. The predicted octanol–water partition coefficient (Wildman–Crippen LogP) is 3.43. The summed E-state index contributed by atoms with van der Waals surface area (Å²) in [6.45, 7) is 2.84. The van der Waals surface area contributed by atoms with Crippen molar-refractivity contribution < 1.29 is 13.4 Å². The van der Waals surface area contributed by atoms with Crippen LogP contribution >= 0.6 is 0 Å². The van der Waals surface area contributed by atoms with Gasteiger partial charge in [-0.15, -0.1) is 0 Å². The average Bonchev–Trinajstić information content (AvgIpc) is 3.19. The first kappa shape index (κ1) is 20.1. The number of anilines is 1. The van der Waals surface area contributed by atoms with Crippen molar-refractivity contribution in [3.63, 3.8) is 0 Å². The van der Waals surface area contributed by atoms with Crippen molar-refractivity contribution in [2.24, 2.45) is 0 Å². The standard InChI is InChI=1S/C21H27FN4O2S/c1-21(22)9-6-15(7-10-21)24-17-5-3-4-14-13-26(11-8-16(14)17)19(27)18-12-23-20(25-18)29(2)28/h3-5,12,15,24H,6-11,13H2,1-2H3,(H,23,25). The van der Waals surface area contributed by atoms with Gasteiger partial charge in [-0.25, -0.2) is 9.37 Å². The molecule has 1 atom stereocenters. The fourth-order valence-electron chi connectivity index (χ4n) is 4.23. The number of nitrogens with zero attached hydrogens (tertiary/aromatic N) is 2. The van der Waals surface area contributed by atoms with Crippen LogP contribution in [0.4, 0.5) is 10.1 Å². The molecule has 1 aromatic carbocycles. The maximum absolute atomic E-state index is 14.1. The first-order valence-corrected chi connectivity index (χ1v) is 11.6. The minimum Gasteiger partial charge on any atom is -0.382 e. The fourth-order valence-corrected chi connectivity index (χ4v) is 4.68. The number of hydrogen-bond acceptors (Lipinski definition) is 4. The lowest BCUT2D eigenvalue weighted by Gasteiger charge is -2.34. The molecule has 1 amide bonds. The van der Waals surface area contributed by atoms with E-state index in [-0.39, 0.29) is 5.91 Å². The van der Waals surface area contributed by atoms with E-state index in [1.54, 1.807) is 11.8 Å². The Labute approximate surface area is 172 Å². The lowest BCUT2D eigenvalue weighted by molar-refractivity contribution is 0.0729. The summed E-state index contributed by atoms with van der Waals surface area (Å²) in [5.41, 5.74) is 2.80. The van der Waals surface area contributed by atoms with E-state index < -0.39 is 16.5 Å². The number of halogens is 1. The van der Waals surface area contributed by atoms with Crippen LogP contribution in [-0.2, 0) is 23.8 Å². The summed E-state index contributed by atoms with van der Waals surface area (Å²) >= 11 is 0. The van der Waals surface area contributed by atoms with Gasteiger partial charge in [-0.1, -0.05) is 12.1 Å². The second-order valence-electron chi connectivity index (χ2n) is 8.31. The third-order valence-electron chi connectivity index (χ3n) is 6.00. The summed E-state index contributed by atoms with van der Waals surface area (Å²) in [7, 11) is -1.25. The molecule has 0 saturated heterocycles. The predicted molar refractivity (Wildman–Crippen MR) is 111 cm³/mol. The average molecular weight is 419 g/mol. The third kappa shape index (κ3) is 4.37. The number of imidazole rings is 1. The minimum atomic E-state index is -1.25. The molecule has 8 heteroatoms. The van der Waals surface area contributed by atoms with Crippen LogP contribution in [0.25, 0.3) is 0 Å². The molecule has 2 heterocycles. The van der Waals surface area contributed by atoms with Gasteiger partial charge >= 0.3 is 0 Å². The summed E-state index contributed by atoms with van der Waals surface area (Å²) in [4.78, 5) is 21.5. The van der Waals surface area contributed by atoms with Crippen LogP contribution in [0.15, 0.2) is 29.6 Å². The molecule has 0 radical (unpaired) electrons. The van der Waals surface area contributed by atoms with E-state index in [0.29, 0.717) is 42.8 Å². The van der Waals surface area contributed by atoms with E-state index in [9.17, 15) is 13.4 Å². The highest BCUT2D eigenvalue weighted by Crippen LogP contribution is 2.34. The van der Waals surface area contributed by atoms with Crippen LogP contribution in [0.5, 0.6) is 0 Å². The zero-order valence-electron chi connectivity index (χ0n) is 16.8. The molecule has 1 fully saturated rings. The molecular weight excluding hydrogens is 391 g/mol. The van der Waals surface area contributed by atoms with Crippen molar-refractivity contribution in [1.29, 1.82) is 0 Å². The Kier molecular flexibility index (Phi) is 5.46. The van der Waals surface area contributed by atoms with Crippen LogP contribution in [-0.4, -0.2) is 49.5 Å². The Bertz CT molecular complexity index is 933. The number of hydrogen-bond donors (Lipinski definition) is 2. The molecule has 1 aromatic heterocycles. The number of rotatable bonds is 4. The van der Waals surface area contributed by atoms with Crippen LogP contribution in [0.2, 0.25) is 0 Å². The minimum absolute atomic E-state index is 0.132. The number of benzene rings is 1. The number of H-pyrrole nitrogens is 1. The van der Waals surface area contributed by atoms with Crippen molar-refractivity contribution in [1.82, 2.24) is 14.9 Å². The van der Waals surface area contributed by atoms with E-state index in [0.717, 1.165) is 30.5 Å². The molecule has 29 heavy (non-hydrogen) atoms. The fraction of sp³-hybridized carbons (Fsp3) is 0.524. The van der Waals surface area contributed by atoms with Crippen LogP contribution in [0.1, 0.15) is 54.2 Å². The van der Waals surface area contributed by atoms with Gasteiger partial charge in [-0.3, -0.25) is 9.00 Å². The zero-order chi connectivity index (χ0) is 20.6. The molecule has 1 aliphatic heterocycles. The number of carbonyl (C=O) groups excluding carboxylic acids is 1. The molecule has 1 saturated carbocycles. The highest BCUT2D eigenvalue weighted by Gasteiger charge is 2.31. The third-order valence-corrected chi connectivity index (χ3v) is 6.75. The molecule has 1 aliphatic carbocycles. The molecule has 4 rings (SSSR count). The quantitative estimate of drug-likeness (QED) is 0.797. The number of nitrogens with one attached hydrogen (secondary N) is 2. The Morgan fingerprint density at radius 1 is 1.38 bits per heavy atom. The first-order valence-electron chi connectivity index (χ1n) is 10.1. The van der Waals surface area contributed by atoms with Crippen LogP contribution < -0.4 is 5.32 Å². The Morgan fingerprint density at radius 2 is 2.14 bits per heavy atom. The number of fused-ring (bicyclic) bond motifs is 1. The normalized spacial score (nSPS) is 25.3. The number of aromatic amines is 1. The van der Waals surface area contributed by atoms with Gasteiger partial charge in [0.2, 0.25) is 0 Å². The van der Waals surface area contributed by atoms with Crippen molar-refractivity contribution in [2.75, 3.05) is 18.1 Å². The molecule has 2 aliphatic rings. The molecule has 2 N–H and O–H groups in total. The lowest BCUT2D eigenvalue weighted by atomic mass is 9.84. The van der Waals surface area contributed by atoms with Gasteiger partial charge in [0.25, 0.3) is 5.91 Å². The molecule has 1 unspecified atom stereocenters. The molecular formula is C21H27FN4O2S. The van der Waals surface area contributed by atoms with E-state index in [1.165, 1.54) is 18.0 Å². The van der Waals surface area contributed by atoms with Crippen molar-refractivity contribution in [2.45, 2.75) is 62.4 Å². The number of carbonyl (C=O) groups is 1. The Hall–Kier alpha value is -2.22.